The molecule has 0 N–H and O–H groups in total. The molecule has 1 rings (SSSR count). The van der Waals surface area contributed by atoms with Crippen LogP contribution < -0.4 is 0 Å². The Morgan fingerprint density at radius 3 is 2.62 bits per heavy atom. The zero-order chi connectivity index (χ0) is 9.68. The summed E-state index contributed by atoms with van der Waals surface area (Å²) in [6.45, 7) is 4.35. The molecular formula is C12H17Cl. The van der Waals surface area contributed by atoms with Crippen LogP contribution in [0.25, 0.3) is 0 Å². The number of hydrogen-bond acceptors (Lipinski definition) is 0. The van der Waals surface area contributed by atoms with Gasteiger partial charge in [0.05, 0.1) is 0 Å². The summed E-state index contributed by atoms with van der Waals surface area (Å²) >= 11 is 5.68. The molecule has 1 aromatic carbocycles. The maximum Gasteiger partial charge on any atom is 0.0226 e. The number of hydrogen-bond donors (Lipinski definition) is 0. The van der Waals surface area contributed by atoms with Crippen LogP contribution in [0.1, 0.15) is 30.0 Å². The van der Waals surface area contributed by atoms with Gasteiger partial charge in [0.25, 0.3) is 0 Å². The molecule has 0 nitrogen and oxygen atoms in total. The second kappa shape index (κ2) is 5.29. The van der Waals surface area contributed by atoms with E-state index in [1.807, 2.05) is 0 Å². The van der Waals surface area contributed by atoms with E-state index in [1.165, 1.54) is 16.7 Å². The summed E-state index contributed by atoms with van der Waals surface area (Å²) in [4.78, 5) is 0. The fourth-order valence-corrected chi connectivity index (χ4v) is 1.72. The van der Waals surface area contributed by atoms with Gasteiger partial charge in [-0.05, 0) is 37.3 Å². The van der Waals surface area contributed by atoms with Gasteiger partial charge in [0.1, 0.15) is 0 Å². The van der Waals surface area contributed by atoms with Crippen molar-refractivity contribution in [3.63, 3.8) is 0 Å². The second-order valence-electron chi connectivity index (χ2n) is 3.42. The number of alkyl halides is 1. The van der Waals surface area contributed by atoms with Crippen LogP contribution in [0.3, 0.4) is 0 Å². The van der Waals surface area contributed by atoms with Gasteiger partial charge in [0, 0.05) is 5.88 Å². The lowest BCUT2D eigenvalue weighted by molar-refractivity contribution is 0.904. The standard InChI is InChI=1S/C12H17Cl/c1-3-11-9-10(2)6-7-12(11)5-4-8-13/h6-7,9H,3-5,8H2,1-2H3. The third-order valence-electron chi connectivity index (χ3n) is 2.32. The fourth-order valence-electron chi connectivity index (χ4n) is 1.58. The predicted molar refractivity (Wildman–Crippen MR) is 59.6 cm³/mol. The molecule has 0 spiro atoms. The van der Waals surface area contributed by atoms with Crippen molar-refractivity contribution in [2.45, 2.75) is 33.1 Å². The minimum absolute atomic E-state index is 0.761. The summed E-state index contributed by atoms with van der Waals surface area (Å²) in [6.07, 6.45) is 3.32. The first-order valence-corrected chi connectivity index (χ1v) is 5.45. The molecule has 13 heavy (non-hydrogen) atoms. The summed E-state index contributed by atoms with van der Waals surface area (Å²) in [5.41, 5.74) is 4.30. The summed E-state index contributed by atoms with van der Waals surface area (Å²) in [5, 5.41) is 0. The maximum atomic E-state index is 5.68. The van der Waals surface area contributed by atoms with E-state index < -0.39 is 0 Å². The molecule has 0 aliphatic heterocycles. The van der Waals surface area contributed by atoms with Crippen LogP contribution in [0.15, 0.2) is 18.2 Å². The highest BCUT2D eigenvalue weighted by molar-refractivity contribution is 6.17. The Labute approximate surface area is 85.9 Å². The van der Waals surface area contributed by atoms with Gasteiger partial charge >= 0.3 is 0 Å². The summed E-state index contributed by atoms with van der Waals surface area (Å²) in [5.74, 6) is 0.761. The SMILES string of the molecule is CCc1cc(C)ccc1CCCCl. The smallest absolute Gasteiger partial charge is 0.0226 e. The van der Waals surface area contributed by atoms with Gasteiger partial charge in [-0.15, -0.1) is 11.6 Å². The molecule has 0 heterocycles. The van der Waals surface area contributed by atoms with E-state index in [2.05, 4.69) is 32.0 Å². The van der Waals surface area contributed by atoms with Crippen molar-refractivity contribution in [1.29, 1.82) is 0 Å². The van der Waals surface area contributed by atoms with Crippen molar-refractivity contribution < 1.29 is 0 Å². The Balaban J connectivity index is 2.79. The van der Waals surface area contributed by atoms with Gasteiger partial charge in [-0.3, -0.25) is 0 Å². The van der Waals surface area contributed by atoms with E-state index in [1.54, 1.807) is 0 Å². The van der Waals surface area contributed by atoms with Crippen molar-refractivity contribution in [2.24, 2.45) is 0 Å². The first kappa shape index (κ1) is 10.6. The minimum Gasteiger partial charge on any atom is -0.127 e. The van der Waals surface area contributed by atoms with Crippen molar-refractivity contribution in [1.82, 2.24) is 0 Å². The van der Waals surface area contributed by atoms with Crippen LogP contribution >= 0.6 is 11.6 Å². The molecule has 0 aromatic heterocycles. The lowest BCUT2D eigenvalue weighted by Gasteiger charge is -2.07. The Morgan fingerprint density at radius 2 is 2.00 bits per heavy atom. The zero-order valence-corrected chi connectivity index (χ0v) is 9.19. The minimum atomic E-state index is 0.761. The Kier molecular flexibility index (Phi) is 4.31. The second-order valence-corrected chi connectivity index (χ2v) is 3.80. The predicted octanol–water partition coefficient (Wildman–Crippen LogP) is 3.73. The van der Waals surface area contributed by atoms with E-state index in [-0.39, 0.29) is 0 Å². The first-order valence-electron chi connectivity index (χ1n) is 4.92. The fraction of sp³-hybridized carbons (Fsp3) is 0.500. The molecule has 0 radical (unpaired) electrons. The van der Waals surface area contributed by atoms with Crippen molar-refractivity contribution in [3.8, 4) is 0 Å². The van der Waals surface area contributed by atoms with E-state index >= 15 is 0 Å². The molecule has 0 atom stereocenters. The van der Waals surface area contributed by atoms with Crippen LogP contribution in [0, 0.1) is 6.92 Å². The van der Waals surface area contributed by atoms with Gasteiger partial charge in [0.2, 0.25) is 0 Å². The molecule has 0 aliphatic carbocycles. The lowest BCUT2D eigenvalue weighted by Crippen LogP contribution is -1.94. The molecule has 0 unspecified atom stereocenters. The maximum absolute atomic E-state index is 5.68. The topological polar surface area (TPSA) is 0 Å². The lowest BCUT2D eigenvalue weighted by atomic mass is 9.99. The van der Waals surface area contributed by atoms with Gasteiger partial charge in [0.15, 0.2) is 0 Å². The van der Waals surface area contributed by atoms with Gasteiger partial charge in [-0.2, -0.15) is 0 Å². The van der Waals surface area contributed by atoms with E-state index in [0.29, 0.717) is 0 Å². The van der Waals surface area contributed by atoms with E-state index in [9.17, 15) is 0 Å². The number of rotatable bonds is 4. The molecule has 0 bridgehead atoms. The third-order valence-corrected chi connectivity index (χ3v) is 2.59. The Bertz CT molecular complexity index is 266. The summed E-state index contributed by atoms with van der Waals surface area (Å²) in [6, 6.07) is 6.70. The molecule has 0 amide bonds. The quantitative estimate of drug-likeness (QED) is 0.644. The highest BCUT2D eigenvalue weighted by Crippen LogP contribution is 2.14. The van der Waals surface area contributed by atoms with Crippen molar-refractivity contribution in [3.05, 3.63) is 34.9 Å². The van der Waals surface area contributed by atoms with Gasteiger partial charge in [-0.25, -0.2) is 0 Å². The molecule has 1 aromatic rings. The van der Waals surface area contributed by atoms with Crippen molar-refractivity contribution >= 4 is 11.6 Å². The van der Waals surface area contributed by atoms with Gasteiger partial charge in [-0.1, -0.05) is 30.7 Å². The number of benzene rings is 1. The molecule has 1 heteroatoms. The molecule has 72 valence electrons. The monoisotopic (exact) mass is 196 g/mol. The van der Waals surface area contributed by atoms with Crippen LogP contribution in [0.5, 0.6) is 0 Å². The van der Waals surface area contributed by atoms with Crippen LogP contribution in [0.4, 0.5) is 0 Å². The molecule has 0 saturated carbocycles. The average molecular weight is 197 g/mol. The van der Waals surface area contributed by atoms with E-state index in [4.69, 9.17) is 11.6 Å². The Hall–Kier alpha value is -0.490. The molecule has 0 saturated heterocycles. The zero-order valence-electron chi connectivity index (χ0n) is 8.44. The normalized spacial score (nSPS) is 10.4. The largest absolute Gasteiger partial charge is 0.127 e. The number of aryl methyl sites for hydroxylation is 3. The summed E-state index contributed by atoms with van der Waals surface area (Å²) in [7, 11) is 0. The summed E-state index contributed by atoms with van der Waals surface area (Å²) < 4.78 is 0. The number of halogens is 1. The highest BCUT2D eigenvalue weighted by Gasteiger charge is 2.00. The Morgan fingerprint density at radius 1 is 1.23 bits per heavy atom. The molecular weight excluding hydrogens is 180 g/mol. The molecule has 0 fully saturated rings. The van der Waals surface area contributed by atoms with Gasteiger partial charge < -0.3 is 0 Å². The van der Waals surface area contributed by atoms with Crippen LogP contribution in [0.2, 0.25) is 0 Å². The highest BCUT2D eigenvalue weighted by atomic mass is 35.5. The van der Waals surface area contributed by atoms with Crippen LogP contribution in [-0.2, 0) is 12.8 Å². The van der Waals surface area contributed by atoms with Crippen molar-refractivity contribution in [2.75, 3.05) is 5.88 Å². The third kappa shape index (κ3) is 3.04. The van der Waals surface area contributed by atoms with E-state index in [0.717, 1.165) is 25.1 Å². The molecule has 0 aliphatic rings. The first-order chi connectivity index (χ1) is 6.27. The van der Waals surface area contributed by atoms with Crippen LogP contribution in [-0.4, -0.2) is 5.88 Å². The average Bonchev–Trinajstić information content (AvgIpc) is 2.16.